The van der Waals surface area contributed by atoms with Gasteiger partial charge in [0, 0.05) is 0 Å². The van der Waals surface area contributed by atoms with Gasteiger partial charge in [-0.25, -0.2) is 26.3 Å². The fourth-order valence-corrected chi connectivity index (χ4v) is 1.43. The molecule has 1 aromatic rings. The van der Waals surface area contributed by atoms with Gasteiger partial charge in [0.25, 0.3) is 0 Å². The molecule has 1 aromatic heterocycles. The second-order valence-corrected chi connectivity index (χ2v) is 5.60. The van der Waals surface area contributed by atoms with Crippen LogP contribution in [0.25, 0.3) is 0 Å². The molecule has 1 heterocycles. The van der Waals surface area contributed by atoms with Crippen LogP contribution in [0.5, 0.6) is 0 Å². The Morgan fingerprint density at radius 2 is 1.90 bits per heavy atom. The van der Waals surface area contributed by atoms with E-state index in [1.54, 1.807) is 0 Å². The zero-order chi connectivity index (χ0) is 16.7. The average molecular weight is 334 g/mol. The molecule has 10 heteroatoms. The second kappa shape index (κ2) is 8.32. The fourth-order valence-electron chi connectivity index (χ4n) is 1.21. The summed E-state index contributed by atoms with van der Waals surface area (Å²) in [6.45, 7) is 6.60. The minimum absolute atomic E-state index is 1.07. The maximum atomic E-state index is 11.4. The van der Waals surface area contributed by atoms with E-state index in [4.69, 9.17) is 0 Å². The molecule has 0 N–H and O–H groups in total. The van der Waals surface area contributed by atoms with Crippen LogP contribution in [0.1, 0.15) is 26.7 Å². The summed E-state index contributed by atoms with van der Waals surface area (Å²) >= 11 is 0. The van der Waals surface area contributed by atoms with Crippen LogP contribution in [-0.4, -0.2) is 29.2 Å². The predicted molar refractivity (Wildman–Crippen MR) is 65.9 cm³/mol. The van der Waals surface area contributed by atoms with Gasteiger partial charge < -0.3 is 4.55 Å². The van der Waals surface area contributed by atoms with E-state index < -0.39 is 21.8 Å². The van der Waals surface area contributed by atoms with E-state index in [0.29, 0.717) is 0 Å². The van der Waals surface area contributed by atoms with Crippen molar-refractivity contribution in [2.45, 2.75) is 51.5 Å². The van der Waals surface area contributed by atoms with Gasteiger partial charge in [-0.15, -0.1) is 0 Å². The summed E-state index contributed by atoms with van der Waals surface area (Å²) in [6, 6.07) is 0. The van der Waals surface area contributed by atoms with Crippen LogP contribution >= 0.6 is 0 Å². The van der Waals surface area contributed by atoms with Crippen molar-refractivity contribution in [3.63, 3.8) is 0 Å². The number of nitrogens with zero attached hydrogens (tertiary/aromatic N) is 2. The minimum Gasteiger partial charge on any atom is -0.743 e. The standard InChI is InChI=1S/C9H17N2.C2H2F4O3S/c1-3-5-6-11-8-7-10(4-2)9-11;3-1(4)2(5,6)10(7,8)9/h7-9H,3-6H2,1-2H3;1H,(H,7,8,9)/q+1;/p-1. The summed E-state index contributed by atoms with van der Waals surface area (Å²) in [5, 5.41) is -5.48. The lowest BCUT2D eigenvalue weighted by molar-refractivity contribution is -0.696. The lowest BCUT2D eigenvalue weighted by atomic mass is 10.3. The summed E-state index contributed by atoms with van der Waals surface area (Å²) in [6.07, 6.45) is 4.49. The highest BCUT2D eigenvalue weighted by atomic mass is 32.2. The third kappa shape index (κ3) is 6.42. The molecule has 0 aromatic carbocycles. The number of aryl methyl sites for hydroxylation is 2. The molecule has 0 atom stereocenters. The van der Waals surface area contributed by atoms with Gasteiger partial charge >= 0.3 is 11.7 Å². The molecule has 0 fully saturated rings. The Hall–Kier alpha value is -1.16. The third-order valence-corrected chi connectivity index (χ3v) is 3.31. The van der Waals surface area contributed by atoms with Crippen LogP contribution in [0.2, 0.25) is 0 Å². The zero-order valence-electron chi connectivity index (χ0n) is 11.7. The Morgan fingerprint density at radius 3 is 2.19 bits per heavy atom. The highest BCUT2D eigenvalue weighted by molar-refractivity contribution is 7.86. The van der Waals surface area contributed by atoms with E-state index >= 15 is 0 Å². The molecule has 21 heavy (non-hydrogen) atoms. The lowest BCUT2D eigenvalue weighted by Gasteiger charge is -2.17. The molecule has 0 aliphatic carbocycles. The number of hydrogen-bond acceptors (Lipinski definition) is 3. The Labute approximate surface area is 120 Å². The van der Waals surface area contributed by atoms with Crippen LogP contribution in [0.4, 0.5) is 17.6 Å². The molecule has 0 aliphatic rings. The molecule has 0 aliphatic heterocycles. The lowest BCUT2D eigenvalue weighted by Crippen LogP contribution is -2.36. The van der Waals surface area contributed by atoms with Gasteiger partial charge in [-0.2, -0.15) is 8.78 Å². The molecule has 0 saturated heterocycles. The number of unbranched alkanes of at least 4 members (excludes halogenated alkanes) is 1. The van der Waals surface area contributed by atoms with Gasteiger partial charge in [-0.05, 0) is 13.3 Å². The Balaban J connectivity index is 0.000000384. The van der Waals surface area contributed by atoms with Crippen LogP contribution in [0.3, 0.4) is 0 Å². The maximum Gasteiger partial charge on any atom is 0.393 e. The predicted octanol–water partition coefficient (Wildman–Crippen LogP) is 1.99. The molecule has 0 unspecified atom stereocenters. The van der Waals surface area contributed by atoms with Gasteiger partial charge in [0.05, 0.1) is 13.1 Å². The van der Waals surface area contributed by atoms with E-state index in [2.05, 4.69) is 41.7 Å². The van der Waals surface area contributed by atoms with E-state index in [1.807, 2.05) is 0 Å². The van der Waals surface area contributed by atoms with Gasteiger partial charge in [0.2, 0.25) is 6.33 Å². The summed E-state index contributed by atoms with van der Waals surface area (Å²) in [4.78, 5) is 0. The molecule has 0 amide bonds. The minimum atomic E-state index is -6.23. The quantitative estimate of drug-likeness (QED) is 0.454. The molecule has 0 bridgehead atoms. The summed E-state index contributed by atoms with van der Waals surface area (Å²) in [5.41, 5.74) is 0. The van der Waals surface area contributed by atoms with Gasteiger partial charge in [-0.1, -0.05) is 13.3 Å². The fraction of sp³-hybridized carbons (Fsp3) is 0.727. The summed E-state index contributed by atoms with van der Waals surface area (Å²) in [7, 11) is -6.23. The summed E-state index contributed by atoms with van der Waals surface area (Å²) < 4.78 is 77.1. The largest absolute Gasteiger partial charge is 0.743 e. The van der Waals surface area contributed by atoms with Gasteiger partial charge in [-0.3, -0.25) is 0 Å². The third-order valence-electron chi connectivity index (χ3n) is 2.47. The first-order chi connectivity index (χ1) is 9.56. The average Bonchev–Trinajstić information content (AvgIpc) is 2.83. The Morgan fingerprint density at radius 1 is 1.33 bits per heavy atom. The Kier molecular flexibility index (Phi) is 7.86. The van der Waals surface area contributed by atoms with Crippen molar-refractivity contribution in [3.05, 3.63) is 18.7 Å². The van der Waals surface area contributed by atoms with Crippen LogP contribution in [-0.2, 0) is 23.2 Å². The van der Waals surface area contributed by atoms with Crippen molar-refractivity contribution in [2.75, 3.05) is 0 Å². The maximum absolute atomic E-state index is 11.4. The number of aromatic nitrogens is 2. The Bertz CT molecular complexity index is 517. The monoisotopic (exact) mass is 334 g/mol. The molecule has 124 valence electrons. The number of rotatable bonds is 6. The van der Waals surface area contributed by atoms with Crippen molar-refractivity contribution in [1.82, 2.24) is 4.57 Å². The first kappa shape index (κ1) is 19.8. The molecule has 0 spiro atoms. The van der Waals surface area contributed by atoms with Crippen molar-refractivity contribution < 1.29 is 35.1 Å². The molecule has 5 nitrogen and oxygen atoms in total. The smallest absolute Gasteiger partial charge is 0.393 e. The zero-order valence-corrected chi connectivity index (χ0v) is 12.5. The van der Waals surface area contributed by atoms with E-state index in [-0.39, 0.29) is 0 Å². The molecule has 0 saturated carbocycles. The van der Waals surface area contributed by atoms with Crippen molar-refractivity contribution in [3.8, 4) is 0 Å². The molecule has 0 radical (unpaired) electrons. The molecular formula is C11H18F4N2O3S. The highest BCUT2D eigenvalue weighted by Gasteiger charge is 2.48. The highest BCUT2D eigenvalue weighted by Crippen LogP contribution is 2.27. The normalized spacial score (nSPS) is 12.2. The molecular weight excluding hydrogens is 316 g/mol. The van der Waals surface area contributed by atoms with Crippen LogP contribution < -0.4 is 4.57 Å². The van der Waals surface area contributed by atoms with E-state index in [9.17, 15) is 30.5 Å². The van der Waals surface area contributed by atoms with E-state index in [0.717, 1.165) is 13.1 Å². The number of halogens is 4. The number of alkyl halides is 4. The topological polar surface area (TPSA) is 66.0 Å². The molecule has 1 rings (SSSR count). The first-order valence-electron chi connectivity index (χ1n) is 6.22. The first-order valence-corrected chi connectivity index (χ1v) is 7.63. The van der Waals surface area contributed by atoms with Gasteiger partial charge in [0.15, 0.2) is 10.1 Å². The number of imidazole rings is 1. The van der Waals surface area contributed by atoms with Crippen molar-refractivity contribution in [2.24, 2.45) is 0 Å². The van der Waals surface area contributed by atoms with Gasteiger partial charge in [0.1, 0.15) is 12.4 Å². The van der Waals surface area contributed by atoms with E-state index in [1.165, 1.54) is 12.8 Å². The SMILES string of the molecule is CCCC[n+]1ccn(CC)c1.O=S(=O)([O-])C(F)(F)C(F)F. The van der Waals surface area contributed by atoms with Crippen LogP contribution in [0.15, 0.2) is 18.7 Å². The van der Waals surface area contributed by atoms with Crippen molar-refractivity contribution >= 4 is 10.1 Å². The summed E-state index contributed by atoms with van der Waals surface area (Å²) in [5.74, 6) is 0. The van der Waals surface area contributed by atoms with Crippen molar-refractivity contribution in [1.29, 1.82) is 0 Å². The van der Waals surface area contributed by atoms with Crippen LogP contribution in [0, 0.1) is 0 Å². The second-order valence-electron chi connectivity index (χ2n) is 4.15. The number of hydrogen-bond donors (Lipinski definition) is 0.